The number of imidazole rings is 1. The van der Waals surface area contributed by atoms with E-state index in [0.29, 0.717) is 6.54 Å². The second-order valence-electron chi connectivity index (χ2n) is 7.80. The Morgan fingerprint density at radius 3 is 2.68 bits per heavy atom. The van der Waals surface area contributed by atoms with E-state index in [1.165, 1.54) is 19.3 Å². The van der Waals surface area contributed by atoms with E-state index in [4.69, 9.17) is 4.42 Å². The number of nitrogens with one attached hydrogen (secondary N) is 2. The zero-order valence-electron chi connectivity index (χ0n) is 18.3. The lowest BCUT2D eigenvalue weighted by Gasteiger charge is -2.33. The minimum Gasteiger partial charge on any atom is -0.468 e. The molecular formula is C23H31N7O. The van der Waals surface area contributed by atoms with E-state index in [1.807, 2.05) is 36.0 Å². The summed E-state index contributed by atoms with van der Waals surface area (Å²) in [5.41, 5.74) is 1.09. The first-order chi connectivity index (χ1) is 15.2. The number of aromatic nitrogens is 3. The molecule has 0 bridgehead atoms. The van der Waals surface area contributed by atoms with Crippen molar-refractivity contribution in [2.45, 2.75) is 38.8 Å². The van der Waals surface area contributed by atoms with E-state index >= 15 is 0 Å². The summed E-state index contributed by atoms with van der Waals surface area (Å²) >= 11 is 0. The van der Waals surface area contributed by atoms with Gasteiger partial charge in [-0.2, -0.15) is 0 Å². The Hall–Kier alpha value is -3.13. The van der Waals surface area contributed by atoms with Crippen molar-refractivity contribution >= 4 is 5.96 Å². The Bertz CT molecular complexity index is 956. The number of likely N-dealkylation sites (tertiary alicyclic amines) is 1. The second-order valence-corrected chi connectivity index (χ2v) is 7.80. The van der Waals surface area contributed by atoms with E-state index < -0.39 is 0 Å². The van der Waals surface area contributed by atoms with Crippen LogP contribution in [0.3, 0.4) is 0 Å². The topological polar surface area (TPSA) is 83.5 Å². The molecule has 31 heavy (non-hydrogen) atoms. The summed E-state index contributed by atoms with van der Waals surface area (Å²) in [7, 11) is 1.79. The molecule has 0 amide bonds. The molecule has 1 aliphatic heterocycles. The van der Waals surface area contributed by atoms with Gasteiger partial charge in [0.05, 0.1) is 12.3 Å². The Balaban J connectivity index is 1.33. The molecule has 2 N–H and O–H groups in total. The van der Waals surface area contributed by atoms with Crippen LogP contribution in [0.5, 0.6) is 0 Å². The fourth-order valence-electron chi connectivity index (χ4n) is 4.00. The first kappa shape index (κ1) is 21.1. The molecule has 4 heterocycles. The van der Waals surface area contributed by atoms with E-state index in [0.717, 1.165) is 48.6 Å². The van der Waals surface area contributed by atoms with Crippen molar-refractivity contribution in [2.24, 2.45) is 4.99 Å². The maximum Gasteiger partial charge on any atom is 0.191 e. The molecule has 0 spiro atoms. The predicted molar refractivity (Wildman–Crippen MR) is 121 cm³/mol. The molecular weight excluding hydrogens is 390 g/mol. The van der Waals surface area contributed by atoms with E-state index in [1.54, 1.807) is 19.5 Å². The zero-order valence-corrected chi connectivity index (χ0v) is 18.3. The monoisotopic (exact) mass is 421 g/mol. The summed E-state index contributed by atoms with van der Waals surface area (Å²) in [4.78, 5) is 15.7. The fraction of sp³-hybridized carbons (Fsp3) is 0.435. The van der Waals surface area contributed by atoms with Gasteiger partial charge in [0.1, 0.15) is 17.4 Å². The van der Waals surface area contributed by atoms with Crippen LogP contribution in [0.4, 0.5) is 0 Å². The second kappa shape index (κ2) is 10.3. The number of pyridine rings is 1. The lowest BCUT2D eigenvalue weighted by molar-refractivity contribution is 0.146. The number of aryl methyl sites for hydroxylation is 1. The van der Waals surface area contributed by atoms with Crippen LogP contribution in [-0.4, -0.2) is 52.1 Å². The van der Waals surface area contributed by atoms with Crippen molar-refractivity contribution in [3.63, 3.8) is 0 Å². The number of piperidine rings is 1. The fourth-order valence-corrected chi connectivity index (χ4v) is 4.00. The van der Waals surface area contributed by atoms with Crippen LogP contribution in [0, 0.1) is 6.92 Å². The third kappa shape index (κ3) is 5.32. The molecule has 0 aromatic carbocycles. The molecule has 1 saturated heterocycles. The summed E-state index contributed by atoms with van der Waals surface area (Å²) in [6.45, 7) is 5.56. The van der Waals surface area contributed by atoms with Gasteiger partial charge in [0, 0.05) is 38.7 Å². The average molecular weight is 422 g/mol. The van der Waals surface area contributed by atoms with Gasteiger partial charge in [-0.15, -0.1) is 0 Å². The molecule has 4 rings (SSSR count). The van der Waals surface area contributed by atoms with Crippen LogP contribution < -0.4 is 10.6 Å². The maximum atomic E-state index is 5.74. The van der Waals surface area contributed by atoms with Gasteiger partial charge in [0.15, 0.2) is 5.96 Å². The van der Waals surface area contributed by atoms with E-state index in [2.05, 4.69) is 42.6 Å². The number of furan rings is 1. The van der Waals surface area contributed by atoms with Crippen LogP contribution >= 0.6 is 0 Å². The average Bonchev–Trinajstić information content (AvgIpc) is 3.49. The first-order valence-electron chi connectivity index (χ1n) is 10.9. The number of guanidine groups is 1. The molecule has 8 nitrogen and oxygen atoms in total. The predicted octanol–water partition coefficient (Wildman–Crippen LogP) is 3.06. The Kier molecular flexibility index (Phi) is 6.99. The third-order valence-electron chi connectivity index (χ3n) is 5.73. The molecule has 0 saturated carbocycles. The largest absolute Gasteiger partial charge is 0.468 e. The van der Waals surface area contributed by atoms with Crippen LogP contribution in [0.15, 0.2) is 58.5 Å². The summed E-state index contributed by atoms with van der Waals surface area (Å²) < 4.78 is 7.70. The van der Waals surface area contributed by atoms with Crippen LogP contribution in [0.2, 0.25) is 0 Å². The quantitative estimate of drug-likeness (QED) is 0.451. The van der Waals surface area contributed by atoms with Crippen LogP contribution in [0.25, 0.3) is 5.82 Å². The van der Waals surface area contributed by atoms with Gasteiger partial charge in [-0.1, -0.05) is 12.5 Å². The highest BCUT2D eigenvalue weighted by Crippen LogP contribution is 2.24. The minimum atomic E-state index is 0.202. The van der Waals surface area contributed by atoms with Gasteiger partial charge in [-0.25, -0.2) is 9.97 Å². The number of nitrogens with zero attached hydrogens (tertiary/aromatic N) is 5. The molecule has 0 radical (unpaired) electrons. The summed E-state index contributed by atoms with van der Waals surface area (Å²) in [6.07, 6.45) is 11.1. The SMILES string of the molecule is CN=C(NCc1ccc(-n2ccnc2C)nc1)NCC(c1ccco1)N1CCCCC1. The van der Waals surface area contributed by atoms with Crippen molar-refractivity contribution in [3.05, 3.63) is 66.3 Å². The molecule has 3 aromatic heterocycles. The normalized spacial score (nSPS) is 16.3. The van der Waals surface area contributed by atoms with Crippen molar-refractivity contribution in [2.75, 3.05) is 26.7 Å². The van der Waals surface area contributed by atoms with Gasteiger partial charge < -0.3 is 15.1 Å². The highest BCUT2D eigenvalue weighted by Gasteiger charge is 2.24. The summed E-state index contributed by atoms with van der Waals surface area (Å²) in [5, 5.41) is 6.86. The number of rotatable bonds is 7. The number of hydrogen-bond acceptors (Lipinski definition) is 5. The smallest absolute Gasteiger partial charge is 0.191 e. The van der Waals surface area contributed by atoms with Crippen LogP contribution in [-0.2, 0) is 6.54 Å². The van der Waals surface area contributed by atoms with Gasteiger partial charge in [0.2, 0.25) is 0 Å². The molecule has 3 aromatic rings. The summed E-state index contributed by atoms with van der Waals surface area (Å²) in [6, 6.07) is 8.30. The molecule has 0 aliphatic carbocycles. The molecule has 164 valence electrons. The third-order valence-corrected chi connectivity index (χ3v) is 5.73. The first-order valence-corrected chi connectivity index (χ1v) is 10.9. The van der Waals surface area contributed by atoms with Crippen LogP contribution in [0.1, 0.15) is 42.5 Å². The van der Waals surface area contributed by atoms with E-state index in [9.17, 15) is 0 Å². The molecule has 1 unspecified atom stereocenters. The molecule has 8 heteroatoms. The van der Waals surface area contributed by atoms with Crippen molar-refractivity contribution in [3.8, 4) is 5.82 Å². The lowest BCUT2D eigenvalue weighted by atomic mass is 10.1. The number of aliphatic imine (C=N–C) groups is 1. The zero-order chi connectivity index (χ0) is 21.5. The van der Waals surface area contributed by atoms with Gasteiger partial charge in [-0.3, -0.25) is 14.5 Å². The highest BCUT2D eigenvalue weighted by atomic mass is 16.3. The van der Waals surface area contributed by atoms with Crippen molar-refractivity contribution in [1.82, 2.24) is 30.1 Å². The maximum absolute atomic E-state index is 5.74. The Morgan fingerprint density at radius 2 is 2.03 bits per heavy atom. The lowest BCUT2D eigenvalue weighted by Crippen LogP contribution is -2.44. The highest BCUT2D eigenvalue weighted by molar-refractivity contribution is 5.79. The van der Waals surface area contributed by atoms with Gasteiger partial charge in [-0.05, 0) is 56.6 Å². The molecule has 1 fully saturated rings. The Morgan fingerprint density at radius 1 is 1.16 bits per heavy atom. The standard InChI is InChI=1S/C23H31N7O/c1-18-25-10-13-30(18)22-9-8-19(15-26-22)16-27-23(24-2)28-17-20(21-7-6-14-31-21)29-11-4-3-5-12-29/h6-10,13-15,20H,3-5,11-12,16-17H2,1-2H3,(H2,24,27,28). The van der Waals surface area contributed by atoms with Crippen molar-refractivity contribution in [1.29, 1.82) is 0 Å². The van der Waals surface area contributed by atoms with Gasteiger partial charge in [0.25, 0.3) is 0 Å². The summed E-state index contributed by atoms with van der Waals surface area (Å²) in [5.74, 6) is 3.55. The minimum absolute atomic E-state index is 0.202. The molecule has 1 atom stereocenters. The van der Waals surface area contributed by atoms with E-state index in [-0.39, 0.29) is 6.04 Å². The van der Waals surface area contributed by atoms with Crippen molar-refractivity contribution < 1.29 is 4.42 Å². The number of hydrogen-bond donors (Lipinski definition) is 2. The molecule has 1 aliphatic rings. The Labute approximate surface area is 183 Å². The van der Waals surface area contributed by atoms with Gasteiger partial charge >= 0.3 is 0 Å².